The highest BCUT2D eigenvalue weighted by Crippen LogP contribution is 2.17. The number of nitrogens with one attached hydrogen (secondary N) is 1. The second-order valence-electron chi connectivity index (χ2n) is 4.89. The fourth-order valence-corrected chi connectivity index (χ4v) is 2.00. The summed E-state index contributed by atoms with van der Waals surface area (Å²) in [4.78, 5) is 4.02. The Morgan fingerprint density at radius 2 is 2.21 bits per heavy atom. The maximum atomic E-state index is 9.02. The van der Waals surface area contributed by atoms with Crippen LogP contribution in [-0.4, -0.2) is 15.6 Å². The van der Waals surface area contributed by atoms with Crippen molar-refractivity contribution in [1.29, 1.82) is 5.26 Å². The molecule has 1 aromatic heterocycles. The zero-order valence-electron chi connectivity index (χ0n) is 11.5. The van der Waals surface area contributed by atoms with Crippen LogP contribution < -0.4 is 5.32 Å². The lowest BCUT2D eigenvalue weighted by Crippen LogP contribution is -2.21. The molecule has 0 fully saturated rings. The molecule has 2 rings (SSSR count). The van der Waals surface area contributed by atoms with Crippen LogP contribution in [0.1, 0.15) is 30.8 Å². The Morgan fingerprint density at radius 3 is 2.84 bits per heavy atom. The van der Waals surface area contributed by atoms with Crippen LogP contribution in [0.5, 0.6) is 0 Å². The van der Waals surface area contributed by atoms with E-state index in [-0.39, 0.29) is 0 Å². The number of benzene rings is 1. The molecule has 0 bridgehead atoms. The number of aryl methyl sites for hydroxylation is 1. The molecule has 0 spiro atoms. The average Bonchev–Trinajstić information content (AvgIpc) is 2.84. The van der Waals surface area contributed by atoms with E-state index in [0.29, 0.717) is 11.9 Å². The van der Waals surface area contributed by atoms with E-state index in [1.165, 1.54) is 5.56 Å². The molecule has 1 heterocycles. The monoisotopic (exact) mass is 254 g/mol. The lowest BCUT2D eigenvalue weighted by Gasteiger charge is -2.12. The van der Waals surface area contributed by atoms with Gasteiger partial charge in [-0.15, -0.1) is 0 Å². The first-order valence-corrected chi connectivity index (χ1v) is 6.38. The van der Waals surface area contributed by atoms with Crippen molar-refractivity contribution in [3.63, 3.8) is 0 Å². The number of nitrogens with zero attached hydrogens (tertiary/aromatic N) is 3. The van der Waals surface area contributed by atoms with E-state index in [9.17, 15) is 0 Å². The van der Waals surface area contributed by atoms with Crippen molar-refractivity contribution in [2.24, 2.45) is 0 Å². The molecular weight excluding hydrogens is 236 g/mol. The Bertz CT molecular complexity index is 605. The molecule has 0 unspecified atom stereocenters. The molecule has 19 heavy (non-hydrogen) atoms. The number of imidazole rings is 1. The van der Waals surface area contributed by atoms with Crippen LogP contribution in [0.25, 0.3) is 5.69 Å². The lowest BCUT2D eigenvalue weighted by molar-refractivity contribution is 0.588. The molecule has 1 aromatic carbocycles. The van der Waals surface area contributed by atoms with Gasteiger partial charge in [-0.05, 0) is 24.1 Å². The minimum Gasteiger partial charge on any atom is -0.310 e. The first kappa shape index (κ1) is 13.3. The smallest absolute Gasteiger partial charge is 0.217 e. The van der Waals surface area contributed by atoms with Gasteiger partial charge in [0, 0.05) is 25.0 Å². The maximum Gasteiger partial charge on any atom is 0.217 e. The van der Waals surface area contributed by atoms with E-state index in [1.807, 2.05) is 16.8 Å². The van der Waals surface area contributed by atoms with E-state index in [2.05, 4.69) is 49.3 Å². The zero-order chi connectivity index (χ0) is 13.8. The molecule has 98 valence electrons. The van der Waals surface area contributed by atoms with Gasteiger partial charge in [0.25, 0.3) is 0 Å². The Labute approximate surface area is 113 Å². The second kappa shape index (κ2) is 5.68. The van der Waals surface area contributed by atoms with Gasteiger partial charge in [-0.2, -0.15) is 5.26 Å². The molecule has 0 amide bonds. The summed E-state index contributed by atoms with van der Waals surface area (Å²) >= 11 is 0. The van der Waals surface area contributed by atoms with Crippen molar-refractivity contribution < 1.29 is 0 Å². The summed E-state index contributed by atoms with van der Waals surface area (Å²) in [6.45, 7) is 7.17. The Kier molecular flexibility index (Phi) is 3.98. The Morgan fingerprint density at radius 1 is 1.42 bits per heavy atom. The van der Waals surface area contributed by atoms with Crippen molar-refractivity contribution in [2.45, 2.75) is 33.4 Å². The Hall–Kier alpha value is -2.12. The highest BCUT2D eigenvalue weighted by atomic mass is 15.1. The van der Waals surface area contributed by atoms with E-state index >= 15 is 0 Å². The first-order chi connectivity index (χ1) is 9.11. The fourth-order valence-electron chi connectivity index (χ4n) is 2.00. The van der Waals surface area contributed by atoms with Crippen LogP contribution in [0.2, 0.25) is 0 Å². The molecule has 0 saturated heterocycles. The molecule has 4 nitrogen and oxygen atoms in total. The minimum atomic E-state index is 0.413. The predicted octanol–water partition coefficient (Wildman–Crippen LogP) is 2.55. The molecule has 0 aliphatic carbocycles. The van der Waals surface area contributed by atoms with Crippen molar-refractivity contribution in [3.8, 4) is 11.8 Å². The van der Waals surface area contributed by atoms with Gasteiger partial charge in [0.15, 0.2) is 0 Å². The standard InChI is InChI=1S/C15H18N4/c1-11(2)18-10-13-4-5-14(12(3)8-13)19-7-6-17-15(19)9-16/h4-8,11,18H,10H2,1-3H3. The normalized spacial score (nSPS) is 10.7. The van der Waals surface area contributed by atoms with Crippen LogP contribution in [0.15, 0.2) is 30.6 Å². The van der Waals surface area contributed by atoms with Gasteiger partial charge in [0.05, 0.1) is 5.69 Å². The summed E-state index contributed by atoms with van der Waals surface area (Å²) < 4.78 is 1.81. The van der Waals surface area contributed by atoms with E-state index in [0.717, 1.165) is 17.8 Å². The molecule has 0 radical (unpaired) electrons. The zero-order valence-corrected chi connectivity index (χ0v) is 11.5. The Balaban J connectivity index is 2.27. The molecule has 0 aliphatic heterocycles. The SMILES string of the molecule is Cc1cc(CNC(C)C)ccc1-n1ccnc1C#N. The fraction of sp³-hybridized carbons (Fsp3) is 0.333. The van der Waals surface area contributed by atoms with Gasteiger partial charge in [-0.25, -0.2) is 4.98 Å². The number of aromatic nitrogens is 2. The second-order valence-corrected chi connectivity index (χ2v) is 4.89. The van der Waals surface area contributed by atoms with Crippen LogP contribution in [0.4, 0.5) is 0 Å². The van der Waals surface area contributed by atoms with Crippen molar-refractivity contribution in [2.75, 3.05) is 0 Å². The lowest BCUT2D eigenvalue weighted by atomic mass is 10.1. The molecule has 1 N–H and O–H groups in total. The van der Waals surface area contributed by atoms with Gasteiger partial charge in [-0.3, -0.25) is 4.57 Å². The molecule has 4 heteroatoms. The third-order valence-electron chi connectivity index (χ3n) is 2.98. The van der Waals surface area contributed by atoms with Crippen LogP contribution in [0, 0.1) is 18.3 Å². The van der Waals surface area contributed by atoms with E-state index < -0.39 is 0 Å². The minimum absolute atomic E-state index is 0.413. The highest BCUT2D eigenvalue weighted by Gasteiger charge is 2.07. The molecule has 0 atom stereocenters. The predicted molar refractivity (Wildman–Crippen MR) is 75.0 cm³/mol. The molecule has 2 aromatic rings. The van der Waals surface area contributed by atoms with Gasteiger partial charge in [0.2, 0.25) is 5.82 Å². The summed E-state index contributed by atoms with van der Waals surface area (Å²) in [6, 6.07) is 8.83. The van der Waals surface area contributed by atoms with Gasteiger partial charge in [0.1, 0.15) is 6.07 Å². The summed E-state index contributed by atoms with van der Waals surface area (Å²) in [5.74, 6) is 0.413. The average molecular weight is 254 g/mol. The van der Waals surface area contributed by atoms with Crippen LogP contribution >= 0.6 is 0 Å². The van der Waals surface area contributed by atoms with Crippen LogP contribution in [0.3, 0.4) is 0 Å². The molecule has 0 saturated carbocycles. The maximum absolute atomic E-state index is 9.02. The number of hydrogen-bond donors (Lipinski definition) is 1. The van der Waals surface area contributed by atoms with Crippen molar-refractivity contribution in [3.05, 3.63) is 47.5 Å². The summed E-state index contributed by atoms with van der Waals surface area (Å²) in [7, 11) is 0. The van der Waals surface area contributed by atoms with Crippen LogP contribution in [-0.2, 0) is 6.54 Å². The van der Waals surface area contributed by atoms with E-state index in [1.54, 1.807) is 6.20 Å². The third-order valence-corrected chi connectivity index (χ3v) is 2.98. The quantitative estimate of drug-likeness (QED) is 0.912. The molecular formula is C15H18N4. The van der Waals surface area contributed by atoms with Crippen molar-refractivity contribution >= 4 is 0 Å². The van der Waals surface area contributed by atoms with Gasteiger partial charge < -0.3 is 5.32 Å². The first-order valence-electron chi connectivity index (χ1n) is 6.38. The third kappa shape index (κ3) is 3.01. The number of hydrogen-bond acceptors (Lipinski definition) is 3. The topological polar surface area (TPSA) is 53.6 Å². The number of rotatable bonds is 4. The summed E-state index contributed by atoms with van der Waals surface area (Å²) in [5, 5.41) is 12.4. The molecule has 0 aliphatic rings. The summed E-state index contributed by atoms with van der Waals surface area (Å²) in [5.41, 5.74) is 3.38. The van der Waals surface area contributed by atoms with Gasteiger partial charge >= 0.3 is 0 Å². The van der Waals surface area contributed by atoms with E-state index in [4.69, 9.17) is 5.26 Å². The summed E-state index contributed by atoms with van der Waals surface area (Å²) in [6.07, 6.45) is 3.46. The van der Waals surface area contributed by atoms with Gasteiger partial charge in [-0.1, -0.05) is 26.0 Å². The van der Waals surface area contributed by atoms with Crippen molar-refractivity contribution in [1.82, 2.24) is 14.9 Å². The number of nitriles is 1. The largest absolute Gasteiger partial charge is 0.310 e. The highest BCUT2D eigenvalue weighted by molar-refractivity contribution is 5.45.